The van der Waals surface area contributed by atoms with E-state index < -0.39 is 10.0 Å². The average Bonchev–Trinajstić information content (AvgIpc) is 3.17. The van der Waals surface area contributed by atoms with Crippen LogP contribution in [-0.2, 0) is 16.6 Å². The van der Waals surface area contributed by atoms with Gasteiger partial charge in [0.25, 0.3) is 10.0 Å². The smallest absolute Gasteiger partial charge is 0.272 e. The molecule has 0 aliphatic heterocycles. The molecule has 1 fully saturated rings. The highest BCUT2D eigenvalue weighted by molar-refractivity contribution is 9.10. The highest BCUT2D eigenvalue weighted by Crippen LogP contribution is 2.29. The van der Waals surface area contributed by atoms with E-state index in [4.69, 9.17) is 0 Å². The van der Waals surface area contributed by atoms with Gasteiger partial charge >= 0.3 is 0 Å². The van der Waals surface area contributed by atoms with Crippen molar-refractivity contribution in [1.29, 1.82) is 0 Å². The van der Waals surface area contributed by atoms with Crippen molar-refractivity contribution in [2.24, 2.45) is 0 Å². The van der Waals surface area contributed by atoms with Crippen molar-refractivity contribution in [3.05, 3.63) is 45.7 Å². The lowest BCUT2D eigenvalue weighted by atomic mass is 10.2. The van der Waals surface area contributed by atoms with E-state index >= 15 is 0 Å². The summed E-state index contributed by atoms with van der Waals surface area (Å²) in [4.78, 5) is 0. The zero-order valence-corrected chi connectivity index (χ0v) is 14.4. The molecule has 1 heterocycles. The molecule has 0 saturated heterocycles. The van der Waals surface area contributed by atoms with Gasteiger partial charge in [-0.1, -0.05) is 12.1 Å². The first-order chi connectivity index (χ1) is 10.0. The molecule has 2 aromatic rings. The molecule has 4 nitrogen and oxygen atoms in total. The molecule has 3 rings (SSSR count). The Hall–Kier alpha value is -0.890. The molecule has 0 amide bonds. The minimum absolute atomic E-state index is 0.293. The van der Waals surface area contributed by atoms with Gasteiger partial charge in [-0.25, -0.2) is 8.42 Å². The van der Waals surface area contributed by atoms with Gasteiger partial charge in [-0.15, -0.1) is 11.3 Å². The summed E-state index contributed by atoms with van der Waals surface area (Å²) in [6.45, 7) is 0.828. The maximum Gasteiger partial charge on any atom is 0.272 e. The summed E-state index contributed by atoms with van der Waals surface area (Å²) in [5, 5.41) is 5.17. The number of nitrogens with one attached hydrogen (secondary N) is 2. The van der Waals surface area contributed by atoms with Crippen LogP contribution in [0, 0.1) is 0 Å². The van der Waals surface area contributed by atoms with Crippen LogP contribution in [0.2, 0.25) is 0 Å². The van der Waals surface area contributed by atoms with Gasteiger partial charge in [-0.05, 0) is 57.9 Å². The number of halogens is 1. The Morgan fingerprint density at radius 3 is 2.48 bits per heavy atom. The number of sulfonamides is 1. The zero-order valence-electron chi connectivity index (χ0n) is 11.2. The quantitative estimate of drug-likeness (QED) is 0.797. The number of benzene rings is 1. The van der Waals surface area contributed by atoms with Crippen LogP contribution < -0.4 is 10.0 Å². The Labute approximate surface area is 136 Å². The highest BCUT2D eigenvalue weighted by Gasteiger charge is 2.20. The first-order valence-corrected chi connectivity index (χ1v) is 9.78. The summed E-state index contributed by atoms with van der Waals surface area (Å²) in [5.41, 5.74) is 1.73. The summed E-state index contributed by atoms with van der Waals surface area (Å²) in [7, 11) is -3.52. The molecule has 0 spiro atoms. The van der Waals surface area contributed by atoms with Crippen molar-refractivity contribution >= 4 is 43.0 Å². The van der Waals surface area contributed by atoms with Crippen LogP contribution in [0.5, 0.6) is 0 Å². The maximum atomic E-state index is 12.2. The van der Waals surface area contributed by atoms with Crippen molar-refractivity contribution in [2.75, 3.05) is 4.72 Å². The van der Waals surface area contributed by atoms with Crippen molar-refractivity contribution in [1.82, 2.24) is 5.32 Å². The molecule has 21 heavy (non-hydrogen) atoms. The normalized spacial score (nSPS) is 15.1. The highest BCUT2D eigenvalue weighted by atomic mass is 79.9. The molecule has 0 unspecified atom stereocenters. The Morgan fingerprint density at radius 1 is 1.19 bits per heavy atom. The van der Waals surface area contributed by atoms with Gasteiger partial charge in [-0.3, -0.25) is 4.72 Å². The van der Waals surface area contributed by atoms with E-state index in [1.54, 1.807) is 23.6 Å². The molecule has 1 aromatic carbocycles. The molecular weight excluding hydrogens is 372 g/mol. The fourth-order valence-electron chi connectivity index (χ4n) is 1.91. The van der Waals surface area contributed by atoms with Crippen molar-refractivity contribution < 1.29 is 8.42 Å². The Bertz CT molecular complexity index is 722. The predicted octanol–water partition coefficient (Wildman–Crippen LogP) is 3.56. The first-order valence-electron chi connectivity index (χ1n) is 6.63. The Morgan fingerprint density at radius 2 is 1.90 bits per heavy atom. The molecule has 7 heteroatoms. The number of hydrogen-bond donors (Lipinski definition) is 2. The molecule has 0 radical (unpaired) electrons. The Kier molecular flexibility index (Phi) is 4.35. The minimum atomic E-state index is -3.52. The molecule has 1 saturated carbocycles. The lowest BCUT2D eigenvalue weighted by Gasteiger charge is -2.08. The SMILES string of the molecule is O=S(=O)(Nc1ccc(CNC2CC2)cc1)c1sccc1Br. The van der Waals surface area contributed by atoms with E-state index in [1.165, 1.54) is 24.2 Å². The maximum absolute atomic E-state index is 12.2. The monoisotopic (exact) mass is 386 g/mol. The summed E-state index contributed by atoms with van der Waals surface area (Å²) < 4.78 is 28.0. The largest absolute Gasteiger partial charge is 0.310 e. The third-order valence-electron chi connectivity index (χ3n) is 3.21. The van der Waals surface area contributed by atoms with Crippen LogP contribution in [0.3, 0.4) is 0 Å². The molecular formula is C14H15BrN2O2S2. The average molecular weight is 387 g/mol. The van der Waals surface area contributed by atoms with Crippen LogP contribution in [-0.4, -0.2) is 14.5 Å². The zero-order chi connectivity index (χ0) is 14.9. The van der Waals surface area contributed by atoms with E-state index in [1.807, 2.05) is 12.1 Å². The topological polar surface area (TPSA) is 58.2 Å². The standard InChI is InChI=1S/C14H15BrN2O2S2/c15-13-7-8-20-14(13)21(18,19)17-12-3-1-10(2-4-12)9-16-11-5-6-11/h1-4,7-8,11,16-17H,5-6,9H2. The predicted molar refractivity (Wildman–Crippen MR) is 89.1 cm³/mol. The van der Waals surface area contributed by atoms with Gasteiger partial charge in [-0.2, -0.15) is 0 Å². The van der Waals surface area contributed by atoms with Gasteiger partial charge in [0, 0.05) is 22.7 Å². The van der Waals surface area contributed by atoms with Crippen molar-refractivity contribution in [3.63, 3.8) is 0 Å². The number of anilines is 1. The Balaban J connectivity index is 1.68. The number of hydrogen-bond acceptors (Lipinski definition) is 4. The van der Waals surface area contributed by atoms with Gasteiger partial charge in [0.15, 0.2) is 4.21 Å². The summed E-state index contributed by atoms with van der Waals surface area (Å²) in [6, 6.07) is 9.87. The van der Waals surface area contributed by atoms with Crippen LogP contribution >= 0.6 is 27.3 Å². The summed E-state index contributed by atoms with van der Waals surface area (Å²) in [5.74, 6) is 0. The van der Waals surface area contributed by atoms with E-state index in [0.717, 1.165) is 12.1 Å². The second-order valence-corrected chi connectivity index (χ2v) is 8.66. The van der Waals surface area contributed by atoms with Gasteiger partial charge in [0.1, 0.15) is 0 Å². The third kappa shape index (κ3) is 3.85. The lowest BCUT2D eigenvalue weighted by Crippen LogP contribution is -2.15. The van der Waals surface area contributed by atoms with Gasteiger partial charge in [0.2, 0.25) is 0 Å². The van der Waals surface area contributed by atoms with Gasteiger partial charge < -0.3 is 5.32 Å². The second kappa shape index (κ2) is 6.08. The van der Waals surface area contributed by atoms with E-state index in [2.05, 4.69) is 26.0 Å². The van der Waals surface area contributed by atoms with Crippen LogP contribution in [0.25, 0.3) is 0 Å². The summed E-state index contributed by atoms with van der Waals surface area (Å²) in [6.07, 6.45) is 2.52. The molecule has 0 atom stereocenters. The fraction of sp³-hybridized carbons (Fsp3) is 0.286. The van der Waals surface area contributed by atoms with E-state index in [0.29, 0.717) is 20.4 Å². The second-order valence-electron chi connectivity index (χ2n) is 5.01. The fourth-order valence-corrected chi connectivity index (χ4v) is 5.31. The lowest BCUT2D eigenvalue weighted by molar-refractivity contribution is 0.603. The molecule has 112 valence electrons. The molecule has 2 N–H and O–H groups in total. The van der Waals surface area contributed by atoms with Gasteiger partial charge in [0.05, 0.1) is 0 Å². The number of rotatable bonds is 6. The molecule has 1 aromatic heterocycles. The third-order valence-corrected chi connectivity index (χ3v) is 7.26. The van der Waals surface area contributed by atoms with Crippen molar-refractivity contribution in [2.45, 2.75) is 29.6 Å². The van der Waals surface area contributed by atoms with Crippen LogP contribution in [0.1, 0.15) is 18.4 Å². The van der Waals surface area contributed by atoms with E-state index in [-0.39, 0.29) is 0 Å². The van der Waals surface area contributed by atoms with Crippen LogP contribution in [0.15, 0.2) is 44.4 Å². The van der Waals surface area contributed by atoms with Crippen molar-refractivity contribution in [3.8, 4) is 0 Å². The minimum Gasteiger partial charge on any atom is -0.310 e. The van der Waals surface area contributed by atoms with E-state index in [9.17, 15) is 8.42 Å². The molecule has 0 bridgehead atoms. The molecule has 1 aliphatic rings. The van der Waals surface area contributed by atoms with Crippen LogP contribution in [0.4, 0.5) is 5.69 Å². The summed E-state index contributed by atoms with van der Waals surface area (Å²) >= 11 is 4.44. The first kappa shape index (κ1) is 15.0. The molecule has 1 aliphatic carbocycles. The number of thiophene rings is 1.